The number of carbonyl (C=O) groups is 1. The second kappa shape index (κ2) is 6.96. The predicted molar refractivity (Wildman–Crippen MR) is 70.5 cm³/mol. The van der Waals surface area contributed by atoms with Gasteiger partial charge in [0.05, 0.1) is 5.75 Å². The van der Waals surface area contributed by atoms with Crippen LogP contribution in [0.5, 0.6) is 0 Å². The Balaban J connectivity index is 2.39. The van der Waals surface area contributed by atoms with Crippen LogP contribution in [0.1, 0.15) is 18.1 Å². The molecule has 1 nitrogen and oxygen atoms in total. The van der Waals surface area contributed by atoms with Crippen molar-refractivity contribution in [2.75, 3.05) is 12.0 Å². The molecule has 0 bridgehead atoms. The number of rotatable bonds is 6. The first-order chi connectivity index (χ1) is 7.22. The van der Waals surface area contributed by atoms with Crippen LogP contribution < -0.4 is 0 Å². The molecular formula is C12H16OS2. The molecule has 0 N–H and O–H groups in total. The Morgan fingerprint density at radius 2 is 1.67 bits per heavy atom. The van der Waals surface area contributed by atoms with Gasteiger partial charge in [-0.05, 0) is 24.3 Å². The lowest BCUT2D eigenvalue weighted by atomic mass is 10.2. The van der Waals surface area contributed by atoms with E-state index in [0.29, 0.717) is 5.75 Å². The molecular weight excluding hydrogens is 224 g/mol. The van der Waals surface area contributed by atoms with Gasteiger partial charge in [0.2, 0.25) is 0 Å². The average Bonchev–Trinajstić information content (AvgIpc) is 2.20. The van der Waals surface area contributed by atoms with Gasteiger partial charge in [0.15, 0.2) is 0 Å². The minimum absolute atomic E-state index is 0.249. The highest BCUT2D eigenvalue weighted by atomic mass is 32.2. The average molecular weight is 240 g/mol. The topological polar surface area (TPSA) is 17.1 Å². The SMILES string of the molecule is CSCc1ccc(CSCC(C)=O)cc1. The number of carbonyl (C=O) groups excluding carboxylic acids is 1. The third kappa shape index (κ3) is 5.28. The molecule has 0 aromatic heterocycles. The fourth-order valence-electron chi connectivity index (χ4n) is 1.21. The summed E-state index contributed by atoms with van der Waals surface area (Å²) in [5.41, 5.74) is 2.66. The molecule has 1 aromatic rings. The van der Waals surface area contributed by atoms with Crippen molar-refractivity contribution >= 4 is 29.3 Å². The summed E-state index contributed by atoms with van der Waals surface area (Å²) in [6.45, 7) is 1.63. The van der Waals surface area contributed by atoms with Crippen LogP contribution in [0, 0.1) is 0 Å². The molecule has 0 amide bonds. The minimum atomic E-state index is 0.249. The Bertz CT molecular complexity index is 306. The fraction of sp³-hybridized carbons (Fsp3) is 0.417. The number of hydrogen-bond donors (Lipinski definition) is 0. The first kappa shape index (κ1) is 12.7. The van der Waals surface area contributed by atoms with Gasteiger partial charge in [-0.3, -0.25) is 4.79 Å². The van der Waals surface area contributed by atoms with Crippen molar-refractivity contribution in [2.45, 2.75) is 18.4 Å². The van der Waals surface area contributed by atoms with Crippen molar-refractivity contribution in [2.24, 2.45) is 0 Å². The second-order valence-electron chi connectivity index (χ2n) is 3.44. The molecule has 0 atom stereocenters. The van der Waals surface area contributed by atoms with E-state index in [2.05, 4.69) is 30.5 Å². The first-order valence-corrected chi connectivity index (χ1v) is 7.41. The summed E-state index contributed by atoms with van der Waals surface area (Å²) in [6.07, 6.45) is 2.11. The van der Waals surface area contributed by atoms with Gasteiger partial charge in [0.1, 0.15) is 5.78 Å². The van der Waals surface area contributed by atoms with E-state index >= 15 is 0 Å². The van der Waals surface area contributed by atoms with Crippen LogP contribution in [-0.2, 0) is 16.3 Å². The standard InChI is InChI=1S/C12H16OS2/c1-10(13)7-15-9-12-5-3-11(4-6-12)8-14-2/h3-6H,7-9H2,1-2H3. The molecule has 1 rings (SSSR count). The summed E-state index contributed by atoms with van der Waals surface area (Å²) >= 11 is 3.51. The minimum Gasteiger partial charge on any atom is -0.299 e. The quantitative estimate of drug-likeness (QED) is 0.759. The Labute approximate surface area is 100 Å². The van der Waals surface area contributed by atoms with Crippen LogP contribution >= 0.6 is 23.5 Å². The molecule has 0 aliphatic carbocycles. The molecule has 0 aliphatic heterocycles. The third-order valence-electron chi connectivity index (χ3n) is 1.91. The smallest absolute Gasteiger partial charge is 0.139 e. The summed E-state index contributed by atoms with van der Waals surface area (Å²) in [4.78, 5) is 10.7. The van der Waals surface area contributed by atoms with Crippen LogP contribution in [0.4, 0.5) is 0 Å². The highest BCUT2D eigenvalue weighted by Crippen LogP contribution is 2.15. The number of hydrogen-bond acceptors (Lipinski definition) is 3. The molecule has 0 fully saturated rings. The lowest BCUT2D eigenvalue weighted by Gasteiger charge is -2.02. The molecule has 0 spiro atoms. The molecule has 3 heteroatoms. The second-order valence-corrected chi connectivity index (χ2v) is 5.30. The van der Waals surface area contributed by atoms with E-state index in [1.807, 2.05) is 11.8 Å². The summed E-state index contributed by atoms with van der Waals surface area (Å²) in [5.74, 6) is 2.87. The van der Waals surface area contributed by atoms with Crippen molar-refractivity contribution < 1.29 is 4.79 Å². The van der Waals surface area contributed by atoms with Crippen molar-refractivity contribution in [3.63, 3.8) is 0 Å². The Hall–Kier alpha value is -0.410. The van der Waals surface area contributed by atoms with E-state index in [-0.39, 0.29) is 5.78 Å². The molecule has 0 aliphatic rings. The zero-order valence-electron chi connectivity index (χ0n) is 9.16. The summed E-state index contributed by atoms with van der Waals surface area (Å²) in [6, 6.07) is 8.64. The van der Waals surface area contributed by atoms with Crippen molar-refractivity contribution in [3.8, 4) is 0 Å². The van der Waals surface area contributed by atoms with Crippen LogP contribution in [0.2, 0.25) is 0 Å². The molecule has 0 heterocycles. The zero-order valence-corrected chi connectivity index (χ0v) is 10.8. The van der Waals surface area contributed by atoms with Gasteiger partial charge in [0, 0.05) is 11.5 Å². The largest absolute Gasteiger partial charge is 0.299 e. The van der Waals surface area contributed by atoms with E-state index in [9.17, 15) is 4.79 Å². The summed E-state index contributed by atoms with van der Waals surface area (Å²) < 4.78 is 0. The Kier molecular flexibility index (Phi) is 5.88. The number of benzene rings is 1. The van der Waals surface area contributed by atoms with Gasteiger partial charge >= 0.3 is 0 Å². The van der Waals surface area contributed by atoms with Crippen LogP contribution in [-0.4, -0.2) is 17.8 Å². The lowest BCUT2D eigenvalue weighted by molar-refractivity contribution is -0.114. The molecule has 0 saturated carbocycles. The van der Waals surface area contributed by atoms with E-state index < -0.39 is 0 Å². The first-order valence-electron chi connectivity index (χ1n) is 4.86. The van der Waals surface area contributed by atoms with Crippen LogP contribution in [0.3, 0.4) is 0 Å². The van der Waals surface area contributed by atoms with Gasteiger partial charge in [-0.15, -0.1) is 11.8 Å². The normalized spacial score (nSPS) is 10.3. The highest BCUT2D eigenvalue weighted by Gasteiger charge is 1.97. The molecule has 82 valence electrons. The monoisotopic (exact) mass is 240 g/mol. The van der Waals surface area contributed by atoms with Gasteiger partial charge in [-0.25, -0.2) is 0 Å². The van der Waals surface area contributed by atoms with Gasteiger partial charge < -0.3 is 0 Å². The van der Waals surface area contributed by atoms with Crippen LogP contribution in [0.15, 0.2) is 24.3 Å². The summed E-state index contributed by atoms with van der Waals surface area (Å²) in [7, 11) is 0. The molecule has 0 unspecified atom stereocenters. The van der Waals surface area contributed by atoms with Gasteiger partial charge in [-0.1, -0.05) is 24.3 Å². The van der Waals surface area contributed by atoms with Crippen molar-refractivity contribution in [1.29, 1.82) is 0 Å². The van der Waals surface area contributed by atoms with Crippen molar-refractivity contribution in [3.05, 3.63) is 35.4 Å². The Morgan fingerprint density at radius 1 is 1.13 bits per heavy atom. The Morgan fingerprint density at radius 3 is 2.13 bits per heavy atom. The zero-order chi connectivity index (χ0) is 11.1. The van der Waals surface area contributed by atoms with E-state index in [4.69, 9.17) is 0 Å². The number of Topliss-reactive ketones (excluding diaryl/α,β-unsaturated/α-hetero) is 1. The van der Waals surface area contributed by atoms with E-state index in [1.165, 1.54) is 11.1 Å². The number of ketones is 1. The lowest BCUT2D eigenvalue weighted by Crippen LogP contribution is -1.94. The maximum atomic E-state index is 10.7. The molecule has 0 saturated heterocycles. The molecule has 1 aromatic carbocycles. The molecule has 0 radical (unpaired) electrons. The van der Waals surface area contributed by atoms with Crippen molar-refractivity contribution in [1.82, 2.24) is 0 Å². The maximum absolute atomic E-state index is 10.7. The predicted octanol–water partition coefficient (Wildman–Crippen LogP) is 3.37. The highest BCUT2D eigenvalue weighted by molar-refractivity contribution is 7.99. The summed E-state index contributed by atoms with van der Waals surface area (Å²) in [5, 5.41) is 0. The van der Waals surface area contributed by atoms with Gasteiger partial charge in [-0.2, -0.15) is 11.8 Å². The molecule has 15 heavy (non-hydrogen) atoms. The maximum Gasteiger partial charge on any atom is 0.139 e. The van der Waals surface area contributed by atoms with Crippen LogP contribution in [0.25, 0.3) is 0 Å². The third-order valence-corrected chi connectivity index (χ3v) is 3.68. The van der Waals surface area contributed by atoms with E-state index in [1.54, 1.807) is 18.7 Å². The number of thioether (sulfide) groups is 2. The van der Waals surface area contributed by atoms with E-state index in [0.717, 1.165) is 11.5 Å². The van der Waals surface area contributed by atoms with Gasteiger partial charge in [0.25, 0.3) is 0 Å². The fourth-order valence-corrected chi connectivity index (χ4v) is 2.55.